The molecule has 0 radical (unpaired) electrons. The molecule has 1 amide bonds. The van der Waals surface area contributed by atoms with Crippen LogP contribution < -0.4 is 5.32 Å². The molecule has 5 heteroatoms. The summed E-state index contributed by atoms with van der Waals surface area (Å²) in [4.78, 5) is 22.5. The van der Waals surface area contributed by atoms with E-state index in [0.717, 1.165) is 39.8 Å². The van der Waals surface area contributed by atoms with Crippen LogP contribution in [0.25, 0.3) is 22.2 Å². The molecule has 0 spiro atoms. The second-order valence-corrected chi connectivity index (χ2v) is 9.82. The van der Waals surface area contributed by atoms with Gasteiger partial charge < -0.3 is 5.32 Å². The van der Waals surface area contributed by atoms with Crippen LogP contribution in [0.5, 0.6) is 0 Å². The van der Waals surface area contributed by atoms with Crippen LogP contribution in [-0.4, -0.2) is 28.7 Å². The fraction of sp³-hybridized carbons (Fsp3) is 0.400. The van der Waals surface area contributed by atoms with Crippen molar-refractivity contribution >= 4 is 29.4 Å². The van der Waals surface area contributed by atoms with Gasteiger partial charge in [-0.15, -0.1) is 0 Å². The van der Waals surface area contributed by atoms with Crippen molar-refractivity contribution < 1.29 is 4.79 Å². The van der Waals surface area contributed by atoms with E-state index in [2.05, 4.69) is 80.1 Å². The van der Waals surface area contributed by atoms with Gasteiger partial charge in [-0.3, -0.25) is 14.8 Å². The normalized spacial score (nSPS) is 14.4. The number of pyridine rings is 2. The standard InChI is InChI=1S/C30H31N3O.2C2H6.CH4S/c1-6-30(5)25-16-24(33-28(26(25)30)21-9-7-18(2)8-10-21)11-12-31-29(34)23-14-20(4)27-22(15-23)13-19(3)17-32-27;3*1-2/h7-10,13-17H,6,11-12H2,1-5H3,(H,31,34);2*1-2H3;2H,1H3. The molecule has 0 saturated heterocycles. The minimum atomic E-state index is -0.0598. The van der Waals surface area contributed by atoms with Crippen molar-refractivity contribution in [2.75, 3.05) is 12.8 Å². The first-order valence-electron chi connectivity index (χ1n) is 14.5. The summed E-state index contributed by atoms with van der Waals surface area (Å²) >= 11 is 3.53. The zero-order chi connectivity index (χ0) is 30.0. The topological polar surface area (TPSA) is 54.9 Å². The number of thiol groups is 1. The summed E-state index contributed by atoms with van der Waals surface area (Å²) in [6.45, 7) is 19.2. The minimum Gasteiger partial charge on any atom is -0.352 e. The van der Waals surface area contributed by atoms with Gasteiger partial charge in [-0.25, -0.2) is 0 Å². The number of rotatable bonds is 6. The third-order valence-electron chi connectivity index (χ3n) is 7.23. The Bertz CT molecular complexity index is 1430. The maximum atomic E-state index is 12.9. The molecule has 1 N–H and O–H groups in total. The summed E-state index contributed by atoms with van der Waals surface area (Å²) in [6.07, 6.45) is 5.33. The summed E-state index contributed by atoms with van der Waals surface area (Å²) < 4.78 is 0. The van der Waals surface area contributed by atoms with Crippen molar-refractivity contribution in [3.63, 3.8) is 0 Å². The number of amides is 1. The number of carbonyl (C=O) groups excluding carboxylic acids is 1. The summed E-state index contributed by atoms with van der Waals surface area (Å²) in [5, 5.41) is 4.09. The van der Waals surface area contributed by atoms with Crippen molar-refractivity contribution in [3.05, 3.63) is 93.8 Å². The Labute approximate surface area is 247 Å². The van der Waals surface area contributed by atoms with Crippen LogP contribution in [0.2, 0.25) is 0 Å². The fourth-order valence-corrected chi connectivity index (χ4v) is 4.95. The van der Waals surface area contributed by atoms with E-state index in [1.807, 2.05) is 59.9 Å². The minimum absolute atomic E-state index is 0.0598. The summed E-state index contributed by atoms with van der Waals surface area (Å²) in [7, 11) is 0. The zero-order valence-corrected chi connectivity index (χ0v) is 27.0. The molecule has 5 rings (SSSR count). The lowest BCUT2D eigenvalue weighted by Gasteiger charge is -2.09. The molecule has 0 bridgehead atoms. The molecule has 1 aliphatic carbocycles. The molecule has 2 aromatic carbocycles. The predicted octanol–water partition coefficient (Wildman–Crippen LogP) is 8.82. The Kier molecular flexibility index (Phi) is 12.4. The van der Waals surface area contributed by atoms with Gasteiger partial charge in [-0.2, -0.15) is 12.6 Å². The maximum absolute atomic E-state index is 12.9. The lowest BCUT2D eigenvalue weighted by molar-refractivity contribution is 0.0954. The van der Waals surface area contributed by atoms with Gasteiger partial charge in [-0.05, 0) is 80.0 Å². The second kappa shape index (κ2) is 15.0. The van der Waals surface area contributed by atoms with E-state index in [1.54, 1.807) is 6.26 Å². The number of fused-ring (bicyclic) bond motifs is 2. The van der Waals surface area contributed by atoms with E-state index in [-0.39, 0.29) is 11.3 Å². The third-order valence-corrected chi connectivity index (χ3v) is 7.23. The van der Waals surface area contributed by atoms with Gasteiger partial charge >= 0.3 is 0 Å². The first kappa shape index (κ1) is 33.0. The highest BCUT2D eigenvalue weighted by atomic mass is 32.1. The molecule has 214 valence electrons. The number of nitrogens with zero attached hydrogens (tertiary/aromatic N) is 2. The van der Waals surface area contributed by atoms with Gasteiger partial charge in [0.15, 0.2) is 0 Å². The molecule has 1 atom stereocenters. The van der Waals surface area contributed by atoms with Crippen molar-refractivity contribution in [1.82, 2.24) is 15.3 Å². The number of aromatic nitrogens is 2. The largest absolute Gasteiger partial charge is 0.352 e. The Morgan fingerprint density at radius 2 is 1.57 bits per heavy atom. The second-order valence-electron chi connectivity index (χ2n) is 9.82. The molecule has 40 heavy (non-hydrogen) atoms. The van der Waals surface area contributed by atoms with Crippen LogP contribution in [-0.2, 0) is 11.8 Å². The monoisotopic (exact) mass is 557 g/mol. The Balaban J connectivity index is 0.000000876. The molecule has 1 aliphatic rings. The van der Waals surface area contributed by atoms with Crippen LogP contribution in [0.15, 0.2) is 54.7 Å². The summed E-state index contributed by atoms with van der Waals surface area (Å²) in [5.41, 5.74) is 11.1. The first-order valence-corrected chi connectivity index (χ1v) is 15.4. The molecular weight excluding hydrogens is 510 g/mol. The van der Waals surface area contributed by atoms with E-state index in [4.69, 9.17) is 4.98 Å². The molecule has 4 aromatic rings. The van der Waals surface area contributed by atoms with E-state index in [1.165, 1.54) is 22.3 Å². The van der Waals surface area contributed by atoms with Crippen molar-refractivity contribution in [2.24, 2.45) is 0 Å². The number of hydrogen-bond donors (Lipinski definition) is 2. The molecule has 4 nitrogen and oxygen atoms in total. The van der Waals surface area contributed by atoms with Crippen LogP contribution in [0.4, 0.5) is 0 Å². The van der Waals surface area contributed by atoms with Gasteiger partial charge in [-0.1, -0.05) is 71.4 Å². The van der Waals surface area contributed by atoms with Crippen molar-refractivity contribution in [3.8, 4) is 11.3 Å². The number of benzene rings is 2. The van der Waals surface area contributed by atoms with Crippen molar-refractivity contribution in [2.45, 2.75) is 80.6 Å². The maximum Gasteiger partial charge on any atom is 0.251 e. The van der Waals surface area contributed by atoms with Gasteiger partial charge in [0.25, 0.3) is 5.91 Å². The Morgan fingerprint density at radius 1 is 0.925 bits per heavy atom. The number of hydrogen-bond acceptors (Lipinski definition) is 4. The Hall–Kier alpha value is -3.18. The molecule has 2 aromatic heterocycles. The smallest absolute Gasteiger partial charge is 0.251 e. The van der Waals surface area contributed by atoms with E-state index >= 15 is 0 Å². The highest BCUT2D eigenvalue weighted by Gasteiger charge is 2.47. The molecule has 1 unspecified atom stereocenters. The Morgan fingerprint density at radius 3 is 2.20 bits per heavy atom. The average Bonchev–Trinajstić information content (AvgIpc) is 3.60. The van der Waals surface area contributed by atoms with Gasteiger partial charge in [0.1, 0.15) is 0 Å². The van der Waals surface area contributed by atoms with E-state index < -0.39 is 0 Å². The predicted molar refractivity (Wildman–Crippen MR) is 176 cm³/mol. The summed E-state index contributed by atoms with van der Waals surface area (Å²) in [6, 6.07) is 16.8. The third kappa shape index (κ3) is 7.11. The van der Waals surface area contributed by atoms with E-state index in [0.29, 0.717) is 18.5 Å². The number of nitrogens with one attached hydrogen (secondary N) is 1. The molecule has 2 heterocycles. The number of aryl methyl sites for hydroxylation is 3. The lowest BCUT2D eigenvalue weighted by atomic mass is 9.99. The quantitative estimate of drug-likeness (QED) is 0.233. The zero-order valence-electron chi connectivity index (χ0n) is 26.1. The van der Waals surface area contributed by atoms with Gasteiger partial charge in [0, 0.05) is 46.8 Å². The fourth-order valence-electron chi connectivity index (χ4n) is 4.95. The average molecular weight is 558 g/mol. The van der Waals surface area contributed by atoms with Crippen LogP contribution >= 0.6 is 12.6 Å². The highest BCUT2D eigenvalue weighted by molar-refractivity contribution is 7.79. The van der Waals surface area contributed by atoms with Crippen molar-refractivity contribution in [1.29, 1.82) is 0 Å². The van der Waals surface area contributed by atoms with Crippen LogP contribution in [0, 0.1) is 20.8 Å². The van der Waals surface area contributed by atoms with Crippen LogP contribution in [0.3, 0.4) is 0 Å². The highest BCUT2D eigenvalue weighted by Crippen LogP contribution is 2.56. The SMILES string of the molecule is CC.CC.CCC1(C)c2cc(CCNC(=O)c3cc(C)c4ncc(C)cc4c3)nc(-c3ccc(C)cc3)c21.CS. The first-order chi connectivity index (χ1) is 19.3. The molecule has 0 fully saturated rings. The summed E-state index contributed by atoms with van der Waals surface area (Å²) in [5.74, 6) is -0.0598. The molecule has 0 aliphatic heterocycles. The van der Waals surface area contributed by atoms with Gasteiger partial charge in [0.2, 0.25) is 0 Å². The molecular formula is C35H47N3OS. The van der Waals surface area contributed by atoms with Crippen LogP contribution in [0.1, 0.15) is 91.8 Å². The number of carbonyl (C=O) groups is 1. The molecule has 0 saturated carbocycles. The lowest BCUT2D eigenvalue weighted by Crippen LogP contribution is -2.26. The van der Waals surface area contributed by atoms with E-state index in [9.17, 15) is 4.79 Å². The van der Waals surface area contributed by atoms with Gasteiger partial charge in [0.05, 0.1) is 11.2 Å².